The van der Waals surface area contributed by atoms with Crippen LogP contribution in [0.1, 0.15) is 44.3 Å². The third-order valence-electron chi connectivity index (χ3n) is 4.30. The van der Waals surface area contributed by atoms with E-state index in [1.54, 1.807) is 0 Å². The first-order chi connectivity index (χ1) is 9.25. The van der Waals surface area contributed by atoms with Gasteiger partial charge < -0.3 is 15.4 Å². The summed E-state index contributed by atoms with van der Waals surface area (Å²) in [7, 11) is 0. The average Bonchev–Trinajstić information content (AvgIpc) is 2.47. The highest BCUT2D eigenvalue weighted by Gasteiger charge is 2.34. The van der Waals surface area contributed by atoms with Gasteiger partial charge in [-0.1, -0.05) is 12.8 Å². The van der Waals surface area contributed by atoms with Crippen molar-refractivity contribution in [2.75, 3.05) is 18.1 Å². The van der Waals surface area contributed by atoms with Crippen LogP contribution >= 0.6 is 0 Å². The second-order valence-corrected chi connectivity index (χ2v) is 5.68. The average molecular weight is 261 g/mol. The van der Waals surface area contributed by atoms with E-state index in [0.29, 0.717) is 12.1 Å². The molecule has 0 radical (unpaired) electrons. The summed E-state index contributed by atoms with van der Waals surface area (Å²) in [4.78, 5) is 6.96. The van der Waals surface area contributed by atoms with E-state index < -0.39 is 0 Å². The van der Waals surface area contributed by atoms with Gasteiger partial charge in [-0.3, -0.25) is 4.98 Å². The van der Waals surface area contributed by atoms with Crippen molar-refractivity contribution in [1.82, 2.24) is 4.98 Å². The third-order valence-corrected chi connectivity index (χ3v) is 4.30. The second-order valence-electron chi connectivity index (χ2n) is 5.68. The Bertz CT molecular complexity index is 416. The summed E-state index contributed by atoms with van der Waals surface area (Å²) < 4.78 is 5.91. The van der Waals surface area contributed by atoms with Crippen molar-refractivity contribution in [3.05, 3.63) is 24.0 Å². The van der Waals surface area contributed by atoms with Crippen molar-refractivity contribution in [2.45, 2.75) is 50.8 Å². The minimum atomic E-state index is 0.00108. The fourth-order valence-corrected chi connectivity index (χ4v) is 3.25. The normalized spacial score (nSPS) is 28.8. The predicted octanol–water partition coefficient (Wildman–Crippen LogP) is 2.25. The van der Waals surface area contributed by atoms with Gasteiger partial charge in [-0.15, -0.1) is 0 Å². The summed E-state index contributed by atoms with van der Waals surface area (Å²) in [5.41, 5.74) is 8.02. The highest BCUT2D eigenvalue weighted by atomic mass is 16.5. The molecule has 0 spiro atoms. The van der Waals surface area contributed by atoms with E-state index >= 15 is 0 Å². The van der Waals surface area contributed by atoms with E-state index in [0.717, 1.165) is 18.8 Å². The molecule has 1 aliphatic heterocycles. The number of anilines is 1. The number of morpholine rings is 1. The Morgan fingerprint density at radius 3 is 2.95 bits per heavy atom. The van der Waals surface area contributed by atoms with Crippen LogP contribution in [0.5, 0.6) is 0 Å². The summed E-state index contributed by atoms with van der Waals surface area (Å²) >= 11 is 0. The maximum atomic E-state index is 5.91. The van der Waals surface area contributed by atoms with Gasteiger partial charge in [0.2, 0.25) is 0 Å². The molecular formula is C15H23N3O. The number of nitrogens with two attached hydrogens (primary N) is 1. The first kappa shape index (κ1) is 12.9. The van der Waals surface area contributed by atoms with Crippen LogP contribution in [0.2, 0.25) is 0 Å². The van der Waals surface area contributed by atoms with E-state index in [1.807, 2.05) is 19.2 Å². The summed E-state index contributed by atoms with van der Waals surface area (Å²) in [5, 5.41) is 0. The molecular weight excluding hydrogens is 238 g/mol. The molecule has 4 nitrogen and oxygen atoms in total. The minimum absolute atomic E-state index is 0.00108. The Morgan fingerprint density at radius 2 is 2.21 bits per heavy atom. The molecule has 104 valence electrons. The number of nitrogens with zero attached hydrogens (tertiary/aromatic N) is 2. The number of fused-ring (bicyclic) bond motifs is 1. The summed E-state index contributed by atoms with van der Waals surface area (Å²) in [6.45, 7) is 3.77. The standard InChI is InChI=1S/C15H23N3O/c1-11(16)13-7-6-12(10-17-13)18-8-9-19-15-5-3-2-4-14(15)18/h6-7,10-11,14-15H,2-5,8-9,16H2,1H3/t11-,14?,15?/m1/s1. The lowest BCUT2D eigenvalue weighted by Crippen LogP contribution is -2.52. The highest BCUT2D eigenvalue weighted by Crippen LogP contribution is 2.31. The lowest BCUT2D eigenvalue weighted by molar-refractivity contribution is -0.00870. The molecule has 2 fully saturated rings. The lowest BCUT2D eigenvalue weighted by Gasteiger charge is -2.45. The highest BCUT2D eigenvalue weighted by molar-refractivity contribution is 5.47. The molecule has 1 aromatic heterocycles. The molecule has 2 aliphatic rings. The second kappa shape index (κ2) is 5.47. The van der Waals surface area contributed by atoms with E-state index in [4.69, 9.17) is 10.5 Å². The maximum absolute atomic E-state index is 5.91. The smallest absolute Gasteiger partial charge is 0.0779 e. The molecule has 0 bridgehead atoms. The topological polar surface area (TPSA) is 51.4 Å². The van der Waals surface area contributed by atoms with Crippen LogP contribution < -0.4 is 10.6 Å². The lowest BCUT2D eigenvalue weighted by atomic mass is 9.90. The van der Waals surface area contributed by atoms with Gasteiger partial charge in [-0.05, 0) is 31.9 Å². The van der Waals surface area contributed by atoms with Crippen molar-refractivity contribution in [3.8, 4) is 0 Å². The predicted molar refractivity (Wildman–Crippen MR) is 76.2 cm³/mol. The van der Waals surface area contributed by atoms with E-state index in [2.05, 4.69) is 16.0 Å². The number of rotatable bonds is 2. The molecule has 2 N–H and O–H groups in total. The van der Waals surface area contributed by atoms with Gasteiger partial charge in [0, 0.05) is 12.6 Å². The Labute approximate surface area is 115 Å². The Balaban J connectivity index is 1.79. The van der Waals surface area contributed by atoms with Crippen molar-refractivity contribution in [2.24, 2.45) is 5.73 Å². The van der Waals surface area contributed by atoms with Gasteiger partial charge in [0.15, 0.2) is 0 Å². The zero-order valence-corrected chi connectivity index (χ0v) is 11.6. The largest absolute Gasteiger partial charge is 0.374 e. The van der Waals surface area contributed by atoms with Crippen molar-refractivity contribution >= 4 is 5.69 Å². The van der Waals surface area contributed by atoms with Gasteiger partial charge in [-0.2, -0.15) is 0 Å². The van der Waals surface area contributed by atoms with Crippen LogP contribution in [0, 0.1) is 0 Å². The molecule has 1 aromatic rings. The summed E-state index contributed by atoms with van der Waals surface area (Å²) in [6, 6.07) is 4.74. The van der Waals surface area contributed by atoms with E-state index in [9.17, 15) is 0 Å². The van der Waals surface area contributed by atoms with Crippen molar-refractivity contribution < 1.29 is 4.74 Å². The fraction of sp³-hybridized carbons (Fsp3) is 0.667. The van der Waals surface area contributed by atoms with Gasteiger partial charge in [-0.25, -0.2) is 0 Å². The monoisotopic (exact) mass is 261 g/mol. The number of ether oxygens (including phenoxy) is 1. The first-order valence-electron chi connectivity index (χ1n) is 7.35. The molecule has 0 aromatic carbocycles. The van der Waals surface area contributed by atoms with E-state index in [1.165, 1.54) is 31.4 Å². The minimum Gasteiger partial charge on any atom is -0.374 e. The van der Waals surface area contributed by atoms with Gasteiger partial charge in [0.1, 0.15) is 0 Å². The number of aromatic nitrogens is 1. The Morgan fingerprint density at radius 1 is 1.37 bits per heavy atom. The molecule has 1 saturated heterocycles. The maximum Gasteiger partial charge on any atom is 0.0779 e. The quantitative estimate of drug-likeness (QED) is 0.887. The molecule has 3 atom stereocenters. The van der Waals surface area contributed by atoms with Crippen LogP contribution in [0.4, 0.5) is 5.69 Å². The fourth-order valence-electron chi connectivity index (χ4n) is 3.25. The summed E-state index contributed by atoms with van der Waals surface area (Å²) in [6.07, 6.45) is 7.43. The summed E-state index contributed by atoms with van der Waals surface area (Å²) in [5.74, 6) is 0. The zero-order chi connectivity index (χ0) is 13.2. The molecule has 3 rings (SSSR count). The number of hydrogen-bond acceptors (Lipinski definition) is 4. The zero-order valence-electron chi connectivity index (χ0n) is 11.6. The van der Waals surface area contributed by atoms with Crippen LogP contribution in [0.25, 0.3) is 0 Å². The molecule has 2 heterocycles. The SMILES string of the molecule is C[C@@H](N)c1ccc(N2CCOC3CCCCC32)cn1. The van der Waals surface area contributed by atoms with E-state index in [-0.39, 0.29) is 6.04 Å². The van der Waals surface area contributed by atoms with Crippen LogP contribution in [0.15, 0.2) is 18.3 Å². The van der Waals surface area contributed by atoms with Gasteiger partial charge in [0.05, 0.1) is 36.3 Å². The molecule has 2 unspecified atom stereocenters. The molecule has 19 heavy (non-hydrogen) atoms. The number of hydrogen-bond donors (Lipinski definition) is 1. The third kappa shape index (κ3) is 2.60. The number of pyridine rings is 1. The molecule has 1 saturated carbocycles. The Kier molecular flexibility index (Phi) is 3.71. The molecule has 1 aliphatic carbocycles. The van der Waals surface area contributed by atoms with Crippen molar-refractivity contribution in [3.63, 3.8) is 0 Å². The van der Waals surface area contributed by atoms with Crippen molar-refractivity contribution in [1.29, 1.82) is 0 Å². The first-order valence-corrected chi connectivity index (χ1v) is 7.35. The molecule has 0 amide bonds. The molecule has 4 heteroatoms. The Hall–Kier alpha value is -1.13. The van der Waals surface area contributed by atoms with Crippen LogP contribution in [-0.4, -0.2) is 30.3 Å². The van der Waals surface area contributed by atoms with Crippen LogP contribution in [0.3, 0.4) is 0 Å². The van der Waals surface area contributed by atoms with Crippen LogP contribution in [-0.2, 0) is 4.74 Å². The van der Waals surface area contributed by atoms with Gasteiger partial charge >= 0.3 is 0 Å². The van der Waals surface area contributed by atoms with Gasteiger partial charge in [0.25, 0.3) is 0 Å².